The SMILES string of the molecule is [2H][N+](C)(C)CCNC(=O)C=C. The zero-order valence-corrected chi connectivity index (χ0v) is 6.55. The minimum atomic E-state index is -0.182. The van der Waals surface area contributed by atoms with Gasteiger partial charge in [0, 0.05) is 0 Å². The van der Waals surface area contributed by atoms with Crippen LogP contribution in [-0.2, 0) is 4.79 Å². The van der Waals surface area contributed by atoms with Gasteiger partial charge in [0.2, 0.25) is 5.91 Å². The predicted molar refractivity (Wildman–Crippen MR) is 40.9 cm³/mol. The Morgan fingerprint density at radius 2 is 2.50 bits per heavy atom. The van der Waals surface area contributed by atoms with Crippen molar-refractivity contribution < 1.29 is 11.1 Å². The highest BCUT2D eigenvalue weighted by Gasteiger charge is 1.94. The van der Waals surface area contributed by atoms with Crippen molar-refractivity contribution in [2.24, 2.45) is 0 Å². The average Bonchev–Trinajstić information content (AvgIpc) is 1.85. The van der Waals surface area contributed by atoms with Crippen LogP contribution in [0.5, 0.6) is 0 Å². The lowest BCUT2D eigenvalue weighted by atomic mass is 10.5. The summed E-state index contributed by atoms with van der Waals surface area (Å²) >= 11 is 0. The van der Waals surface area contributed by atoms with Crippen LogP contribution in [0, 0.1) is 0 Å². The van der Waals surface area contributed by atoms with Crippen molar-refractivity contribution in [3.8, 4) is 0 Å². The molecule has 0 radical (unpaired) electrons. The number of quaternary nitrogens is 1. The topological polar surface area (TPSA) is 33.5 Å². The number of nitrogens with one attached hydrogen (secondary N) is 2. The number of carbonyl (C=O) groups is 1. The first-order valence-electron chi connectivity index (χ1n) is 3.66. The van der Waals surface area contributed by atoms with Crippen LogP contribution < -0.4 is 10.2 Å². The van der Waals surface area contributed by atoms with Gasteiger partial charge >= 0.3 is 1.41 Å². The third kappa shape index (κ3) is 5.31. The van der Waals surface area contributed by atoms with Crippen LogP contribution in [0.4, 0.5) is 0 Å². The molecule has 0 unspecified atom stereocenters. The molecule has 0 saturated heterocycles. The van der Waals surface area contributed by atoms with Crippen molar-refractivity contribution in [3.63, 3.8) is 0 Å². The molecule has 0 aliphatic heterocycles. The van der Waals surface area contributed by atoms with E-state index in [1.165, 1.54) is 6.08 Å². The fraction of sp³-hybridized carbons (Fsp3) is 0.571. The fourth-order valence-electron chi connectivity index (χ4n) is 0.475. The molecule has 0 aromatic heterocycles. The lowest BCUT2D eigenvalue weighted by Gasteiger charge is -2.06. The molecule has 0 spiro atoms. The van der Waals surface area contributed by atoms with E-state index in [9.17, 15) is 4.79 Å². The Morgan fingerprint density at radius 3 is 2.90 bits per heavy atom. The monoisotopic (exact) mass is 144 g/mol. The van der Waals surface area contributed by atoms with E-state index in [2.05, 4.69) is 11.9 Å². The zero-order valence-electron chi connectivity index (χ0n) is 7.55. The van der Waals surface area contributed by atoms with Crippen LogP contribution in [0.15, 0.2) is 12.7 Å². The number of amides is 1. The summed E-state index contributed by atoms with van der Waals surface area (Å²) < 4.78 is 7.39. The summed E-state index contributed by atoms with van der Waals surface area (Å²) in [5, 5.41) is 2.60. The van der Waals surface area contributed by atoms with Gasteiger partial charge in [0.1, 0.15) is 0 Å². The van der Waals surface area contributed by atoms with E-state index in [-0.39, 0.29) is 10.8 Å². The van der Waals surface area contributed by atoms with Crippen molar-refractivity contribution in [3.05, 3.63) is 12.7 Å². The number of hydrogen-bond donors (Lipinski definition) is 2. The van der Waals surface area contributed by atoms with E-state index in [1.807, 2.05) is 0 Å². The first-order chi connectivity index (χ1) is 4.95. The number of carbonyl (C=O) groups excluding carboxylic acids is 1. The summed E-state index contributed by atoms with van der Waals surface area (Å²) in [6, 6.07) is 0. The second-order valence-corrected chi connectivity index (χ2v) is 2.30. The maximum atomic E-state index is 10.6. The maximum absolute atomic E-state index is 10.6. The number of likely N-dealkylation sites (N-methyl/N-ethyl adjacent to an activating group) is 1. The molecule has 0 fully saturated rings. The third-order valence-corrected chi connectivity index (χ3v) is 1.04. The molecule has 0 aromatic carbocycles. The van der Waals surface area contributed by atoms with Gasteiger partial charge in [-0.2, -0.15) is 0 Å². The van der Waals surface area contributed by atoms with Gasteiger partial charge in [0.25, 0.3) is 0 Å². The average molecular weight is 144 g/mol. The Bertz CT molecular complexity index is 151. The summed E-state index contributed by atoms with van der Waals surface area (Å²) in [4.78, 5) is 10.7. The Labute approximate surface area is 63.2 Å². The lowest BCUT2D eigenvalue weighted by molar-refractivity contribution is -0.856. The number of rotatable bonds is 4. The van der Waals surface area contributed by atoms with E-state index in [1.54, 1.807) is 14.1 Å². The minimum Gasteiger partial charge on any atom is -0.347 e. The van der Waals surface area contributed by atoms with Gasteiger partial charge in [0.05, 0.1) is 27.2 Å². The highest BCUT2D eigenvalue weighted by atomic mass is 16.1. The molecule has 0 saturated carbocycles. The third-order valence-electron chi connectivity index (χ3n) is 1.04. The highest BCUT2D eigenvalue weighted by Crippen LogP contribution is 1.62. The quantitative estimate of drug-likeness (QED) is 0.459. The lowest BCUT2D eigenvalue weighted by Crippen LogP contribution is -3.06. The van der Waals surface area contributed by atoms with E-state index >= 15 is 0 Å². The fourth-order valence-corrected chi connectivity index (χ4v) is 0.475. The second-order valence-electron chi connectivity index (χ2n) is 2.30. The van der Waals surface area contributed by atoms with E-state index in [4.69, 9.17) is 1.41 Å². The molecule has 0 aliphatic rings. The van der Waals surface area contributed by atoms with Crippen molar-refractivity contribution >= 4 is 5.91 Å². The standard InChI is InChI=1S/C7H14N2O/c1-4-7(10)8-5-6-9(2)3/h4H,1,5-6H2,2-3H3,(H,8,10)/p+1/i/hD. The summed E-state index contributed by atoms with van der Waals surface area (Å²) in [6.07, 6.45) is 1.23. The molecule has 0 rings (SSSR count). The first-order valence-corrected chi connectivity index (χ1v) is 3.22. The molecular formula is C7H15N2O+. The molecule has 0 aliphatic carbocycles. The summed E-state index contributed by atoms with van der Waals surface area (Å²) in [6.45, 7) is 4.42. The molecule has 3 heteroatoms. The largest absolute Gasteiger partial charge is 0.347 e. The molecule has 0 atom stereocenters. The van der Waals surface area contributed by atoms with Crippen LogP contribution in [0.2, 0.25) is 1.41 Å². The molecule has 10 heavy (non-hydrogen) atoms. The minimum absolute atomic E-state index is 0.109. The second kappa shape index (κ2) is 4.99. The zero-order chi connectivity index (χ0) is 8.91. The highest BCUT2D eigenvalue weighted by molar-refractivity contribution is 5.86. The van der Waals surface area contributed by atoms with Gasteiger partial charge in [-0.05, 0) is 6.08 Å². The van der Waals surface area contributed by atoms with Crippen LogP contribution in [-0.4, -0.2) is 33.1 Å². The van der Waals surface area contributed by atoms with E-state index in [0.29, 0.717) is 13.1 Å². The van der Waals surface area contributed by atoms with Crippen LogP contribution >= 0.6 is 0 Å². The first kappa shape index (κ1) is 7.28. The summed E-state index contributed by atoms with van der Waals surface area (Å²) in [5.41, 5.74) is 0. The Balaban J connectivity index is 3.42. The van der Waals surface area contributed by atoms with E-state index in [0.717, 1.165) is 0 Å². The Morgan fingerprint density at radius 1 is 1.90 bits per heavy atom. The van der Waals surface area contributed by atoms with Crippen LogP contribution in [0.25, 0.3) is 0 Å². The molecule has 58 valence electrons. The van der Waals surface area contributed by atoms with Crippen molar-refractivity contribution in [1.82, 2.24) is 5.32 Å². The summed E-state index contributed by atoms with van der Waals surface area (Å²) in [7, 11) is 3.50. The van der Waals surface area contributed by atoms with Crippen molar-refractivity contribution in [2.45, 2.75) is 0 Å². The van der Waals surface area contributed by atoms with E-state index < -0.39 is 0 Å². The number of hydrogen-bond acceptors (Lipinski definition) is 1. The molecule has 1 amide bonds. The molecular weight excluding hydrogens is 128 g/mol. The Hall–Kier alpha value is -0.830. The van der Waals surface area contributed by atoms with Gasteiger partial charge < -0.3 is 10.2 Å². The van der Waals surface area contributed by atoms with Gasteiger partial charge in [-0.3, -0.25) is 4.79 Å². The van der Waals surface area contributed by atoms with Gasteiger partial charge in [0.15, 0.2) is 0 Å². The normalized spacial score (nSPS) is 12.0. The molecule has 0 aromatic rings. The summed E-state index contributed by atoms with van der Waals surface area (Å²) in [5.74, 6) is -0.182. The predicted octanol–water partition coefficient (Wildman–Crippen LogP) is -1.57. The van der Waals surface area contributed by atoms with Crippen molar-refractivity contribution in [2.75, 3.05) is 27.2 Å². The van der Waals surface area contributed by atoms with Crippen LogP contribution in [0.3, 0.4) is 0 Å². The van der Waals surface area contributed by atoms with Crippen LogP contribution in [0.1, 0.15) is 0 Å². The molecule has 3 nitrogen and oxygen atoms in total. The maximum Gasteiger partial charge on any atom is 0.347 e. The Kier molecular flexibility index (Phi) is 3.64. The van der Waals surface area contributed by atoms with Gasteiger partial charge in [-0.25, -0.2) is 0 Å². The smallest absolute Gasteiger partial charge is 0.347 e. The van der Waals surface area contributed by atoms with Crippen molar-refractivity contribution in [1.29, 1.82) is 0 Å². The molecule has 2 N–H and O–H groups in total. The molecule has 0 bridgehead atoms. The van der Waals surface area contributed by atoms with Gasteiger partial charge in [-0.1, -0.05) is 6.58 Å². The van der Waals surface area contributed by atoms with Gasteiger partial charge in [-0.15, -0.1) is 0 Å². The molecule has 0 heterocycles.